The molecule has 0 aliphatic heterocycles. The van der Waals surface area contributed by atoms with Gasteiger partial charge in [0.15, 0.2) is 0 Å². The Labute approximate surface area is 63.3 Å². The Kier molecular flexibility index (Phi) is 3.77. The van der Waals surface area contributed by atoms with E-state index < -0.39 is 0 Å². The van der Waals surface area contributed by atoms with Gasteiger partial charge in [-0.25, -0.2) is 0 Å². The van der Waals surface area contributed by atoms with E-state index in [9.17, 15) is 0 Å². The van der Waals surface area contributed by atoms with E-state index in [1.54, 1.807) is 7.05 Å². The molecule has 0 aromatic rings. The van der Waals surface area contributed by atoms with E-state index in [1.165, 1.54) is 5.70 Å². The van der Waals surface area contributed by atoms with Crippen LogP contribution in [0.1, 0.15) is 13.8 Å². The Morgan fingerprint density at radius 1 is 1.30 bits per heavy atom. The summed E-state index contributed by atoms with van der Waals surface area (Å²) >= 11 is 0. The summed E-state index contributed by atoms with van der Waals surface area (Å²) in [6.07, 6.45) is 2.06. The van der Waals surface area contributed by atoms with Crippen molar-refractivity contribution in [1.82, 2.24) is 4.90 Å². The minimum absolute atomic E-state index is 1.06. The van der Waals surface area contributed by atoms with E-state index in [2.05, 4.69) is 22.9 Å². The van der Waals surface area contributed by atoms with Gasteiger partial charge >= 0.3 is 0 Å². The van der Waals surface area contributed by atoms with E-state index in [1.807, 2.05) is 21.0 Å². The van der Waals surface area contributed by atoms with Crippen LogP contribution in [-0.2, 0) is 0 Å². The Hall–Kier alpha value is -0.790. The summed E-state index contributed by atoms with van der Waals surface area (Å²) in [6.45, 7) is 4.06. The van der Waals surface area contributed by atoms with Crippen molar-refractivity contribution in [2.45, 2.75) is 13.8 Å². The van der Waals surface area contributed by atoms with Crippen LogP contribution in [-0.4, -0.2) is 31.8 Å². The fourth-order valence-electron chi connectivity index (χ4n) is 0.496. The molecule has 2 heteroatoms. The smallest absolute Gasteiger partial charge is 0.0331 e. The van der Waals surface area contributed by atoms with Gasteiger partial charge in [-0.05, 0) is 19.9 Å². The summed E-state index contributed by atoms with van der Waals surface area (Å²) in [6, 6.07) is 0. The zero-order valence-electron chi connectivity index (χ0n) is 7.47. The van der Waals surface area contributed by atoms with E-state index in [4.69, 9.17) is 0 Å². The van der Waals surface area contributed by atoms with E-state index >= 15 is 0 Å². The lowest BCUT2D eigenvalue weighted by Crippen LogP contribution is -2.09. The molecule has 0 spiro atoms. The topological polar surface area (TPSA) is 15.6 Å². The summed E-state index contributed by atoms with van der Waals surface area (Å²) < 4.78 is 0. The van der Waals surface area contributed by atoms with Gasteiger partial charge in [0.1, 0.15) is 0 Å². The Morgan fingerprint density at radius 2 is 1.80 bits per heavy atom. The quantitative estimate of drug-likeness (QED) is 0.531. The van der Waals surface area contributed by atoms with Crippen molar-refractivity contribution in [3.8, 4) is 0 Å². The van der Waals surface area contributed by atoms with Crippen LogP contribution in [0.25, 0.3) is 0 Å². The van der Waals surface area contributed by atoms with Crippen molar-refractivity contribution in [2.24, 2.45) is 4.99 Å². The molecule has 0 fully saturated rings. The molecule has 2 nitrogen and oxygen atoms in total. The van der Waals surface area contributed by atoms with Crippen LogP contribution in [0.15, 0.2) is 16.8 Å². The minimum Gasteiger partial charge on any atom is -0.381 e. The van der Waals surface area contributed by atoms with Crippen LogP contribution in [0.4, 0.5) is 0 Å². The van der Waals surface area contributed by atoms with Crippen LogP contribution in [0, 0.1) is 0 Å². The molecule has 0 saturated carbocycles. The molecule has 10 heavy (non-hydrogen) atoms. The number of allylic oxidation sites excluding steroid dienone is 2. The standard InChI is InChI=1S/C8H16N2/c1-7(9-3)6-8(2)10(4)5/h6H,1-5H3. The van der Waals surface area contributed by atoms with E-state index in [0.717, 1.165) is 5.71 Å². The predicted molar refractivity (Wildman–Crippen MR) is 46.5 cm³/mol. The summed E-state index contributed by atoms with van der Waals surface area (Å²) in [5.41, 5.74) is 2.29. The molecule has 0 unspecified atom stereocenters. The van der Waals surface area contributed by atoms with Crippen molar-refractivity contribution >= 4 is 5.71 Å². The number of rotatable bonds is 2. The van der Waals surface area contributed by atoms with Gasteiger partial charge in [-0.3, -0.25) is 4.99 Å². The summed E-state index contributed by atoms with van der Waals surface area (Å²) in [5.74, 6) is 0. The third-order valence-corrected chi connectivity index (χ3v) is 1.48. The molecule has 0 rings (SSSR count). The van der Waals surface area contributed by atoms with Crippen LogP contribution in [0.2, 0.25) is 0 Å². The summed E-state index contributed by atoms with van der Waals surface area (Å²) in [4.78, 5) is 6.09. The second-order valence-corrected chi connectivity index (χ2v) is 2.55. The average molecular weight is 140 g/mol. The number of hydrogen-bond acceptors (Lipinski definition) is 2. The fourth-order valence-corrected chi connectivity index (χ4v) is 0.496. The molecule has 0 atom stereocenters. The second kappa shape index (κ2) is 4.09. The van der Waals surface area contributed by atoms with Gasteiger partial charge in [-0.1, -0.05) is 0 Å². The normalized spacial score (nSPS) is 13.7. The maximum atomic E-state index is 4.02. The Morgan fingerprint density at radius 3 is 2.10 bits per heavy atom. The van der Waals surface area contributed by atoms with Gasteiger partial charge < -0.3 is 4.90 Å². The van der Waals surface area contributed by atoms with E-state index in [-0.39, 0.29) is 0 Å². The van der Waals surface area contributed by atoms with Gasteiger partial charge in [0.2, 0.25) is 0 Å². The Bertz CT molecular complexity index is 155. The van der Waals surface area contributed by atoms with Crippen molar-refractivity contribution < 1.29 is 0 Å². The van der Waals surface area contributed by atoms with Gasteiger partial charge in [-0.15, -0.1) is 0 Å². The molecule has 0 bridgehead atoms. The molecule has 0 aliphatic carbocycles. The van der Waals surface area contributed by atoms with Gasteiger partial charge in [0.25, 0.3) is 0 Å². The van der Waals surface area contributed by atoms with Gasteiger partial charge in [0.05, 0.1) is 0 Å². The van der Waals surface area contributed by atoms with Crippen molar-refractivity contribution in [3.63, 3.8) is 0 Å². The third kappa shape index (κ3) is 3.28. The molecule has 0 aliphatic rings. The lowest BCUT2D eigenvalue weighted by molar-refractivity contribution is 0.514. The van der Waals surface area contributed by atoms with E-state index in [0.29, 0.717) is 0 Å². The monoisotopic (exact) mass is 140 g/mol. The number of hydrogen-bond donors (Lipinski definition) is 0. The van der Waals surface area contributed by atoms with Crippen molar-refractivity contribution in [2.75, 3.05) is 21.1 Å². The van der Waals surface area contributed by atoms with Crippen molar-refractivity contribution in [3.05, 3.63) is 11.8 Å². The molecule has 0 N–H and O–H groups in total. The van der Waals surface area contributed by atoms with Gasteiger partial charge in [-0.2, -0.15) is 0 Å². The molecule has 58 valence electrons. The SMILES string of the molecule is CN=C(C)C=C(C)N(C)C. The number of aliphatic imine (C=N–C) groups is 1. The zero-order chi connectivity index (χ0) is 8.15. The molecule has 0 aromatic heterocycles. The highest BCUT2D eigenvalue weighted by atomic mass is 15.1. The highest BCUT2D eigenvalue weighted by Crippen LogP contribution is 1.95. The Balaban J connectivity index is 4.17. The van der Waals surface area contributed by atoms with Crippen LogP contribution < -0.4 is 0 Å². The van der Waals surface area contributed by atoms with Gasteiger partial charge in [0, 0.05) is 32.6 Å². The highest BCUT2D eigenvalue weighted by Gasteiger charge is 1.90. The maximum absolute atomic E-state index is 4.02. The molecule has 0 heterocycles. The zero-order valence-corrected chi connectivity index (χ0v) is 7.47. The number of nitrogens with zero attached hydrogens (tertiary/aromatic N) is 2. The predicted octanol–water partition coefficient (Wildman–Crippen LogP) is 1.54. The van der Waals surface area contributed by atoms with Crippen LogP contribution in [0.3, 0.4) is 0 Å². The summed E-state index contributed by atoms with van der Waals surface area (Å²) in [5, 5.41) is 0. The molecule has 0 radical (unpaired) electrons. The summed E-state index contributed by atoms with van der Waals surface area (Å²) in [7, 11) is 5.85. The molecule has 0 saturated heterocycles. The highest BCUT2D eigenvalue weighted by molar-refractivity contribution is 5.93. The first-order valence-corrected chi connectivity index (χ1v) is 3.37. The molecular formula is C8H16N2. The first-order valence-electron chi connectivity index (χ1n) is 3.37. The third-order valence-electron chi connectivity index (χ3n) is 1.48. The maximum Gasteiger partial charge on any atom is 0.0331 e. The molecule has 0 aromatic carbocycles. The second-order valence-electron chi connectivity index (χ2n) is 2.55. The minimum atomic E-state index is 1.06. The lowest BCUT2D eigenvalue weighted by atomic mass is 10.3. The van der Waals surface area contributed by atoms with Crippen LogP contribution >= 0.6 is 0 Å². The lowest BCUT2D eigenvalue weighted by Gasteiger charge is -2.11. The first-order chi connectivity index (χ1) is 4.57. The molecule has 0 amide bonds. The van der Waals surface area contributed by atoms with Crippen molar-refractivity contribution in [1.29, 1.82) is 0 Å². The first kappa shape index (κ1) is 9.21. The largest absolute Gasteiger partial charge is 0.381 e. The van der Waals surface area contributed by atoms with Crippen LogP contribution in [0.5, 0.6) is 0 Å². The fraction of sp³-hybridized carbons (Fsp3) is 0.625. The average Bonchev–Trinajstić information content (AvgIpc) is 1.87. The molecular weight excluding hydrogens is 124 g/mol.